The normalized spacial score (nSPS) is 12.2. The van der Waals surface area contributed by atoms with Gasteiger partial charge in [-0.25, -0.2) is 4.79 Å². The maximum Gasteiger partial charge on any atom is 0.314 e. The monoisotopic (exact) mass is 171 g/mol. The zero-order valence-electron chi connectivity index (χ0n) is 8.18. The van der Waals surface area contributed by atoms with E-state index in [4.69, 9.17) is 0 Å². The molecule has 0 aliphatic carbocycles. The Morgan fingerprint density at radius 3 is 2.58 bits per heavy atom. The molecule has 1 radical (unpaired) electrons. The first-order valence-electron chi connectivity index (χ1n) is 4.55. The molecule has 3 nitrogen and oxygen atoms in total. The van der Waals surface area contributed by atoms with Crippen molar-refractivity contribution in [3.63, 3.8) is 0 Å². The van der Waals surface area contributed by atoms with E-state index in [9.17, 15) is 4.79 Å². The molecule has 0 heterocycles. The van der Waals surface area contributed by atoms with Crippen molar-refractivity contribution in [3.05, 3.63) is 6.42 Å². The predicted octanol–water partition coefficient (Wildman–Crippen LogP) is 1.56. The molecule has 3 heteroatoms. The number of carbonyl (C=O) groups excluding carboxylic acids is 1. The van der Waals surface area contributed by atoms with Crippen molar-refractivity contribution in [3.8, 4) is 0 Å². The van der Waals surface area contributed by atoms with Crippen LogP contribution in [0.25, 0.3) is 0 Å². The van der Waals surface area contributed by atoms with E-state index >= 15 is 0 Å². The molecule has 12 heavy (non-hydrogen) atoms. The second-order valence-corrected chi connectivity index (χ2v) is 2.86. The SMILES string of the molecule is CCNC(=O)NC[CH][C@H](C)CC. The first-order chi connectivity index (χ1) is 5.70. The lowest BCUT2D eigenvalue weighted by Crippen LogP contribution is -2.36. The Hall–Kier alpha value is -0.730. The highest BCUT2D eigenvalue weighted by Crippen LogP contribution is 2.02. The van der Waals surface area contributed by atoms with Gasteiger partial charge in [0.2, 0.25) is 0 Å². The molecule has 0 spiro atoms. The van der Waals surface area contributed by atoms with Gasteiger partial charge in [0.25, 0.3) is 0 Å². The highest BCUT2D eigenvalue weighted by atomic mass is 16.2. The first-order valence-corrected chi connectivity index (χ1v) is 4.55. The summed E-state index contributed by atoms with van der Waals surface area (Å²) in [5.74, 6) is 0.576. The van der Waals surface area contributed by atoms with Crippen LogP contribution in [0, 0.1) is 12.3 Å². The fraction of sp³-hybridized carbons (Fsp3) is 0.778. The van der Waals surface area contributed by atoms with Gasteiger partial charge in [0.15, 0.2) is 0 Å². The number of nitrogens with one attached hydrogen (secondary N) is 2. The molecule has 0 saturated heterocycles. The molecular formula is C9H19N2O. The van der Waals surface area contributed by atoms with Crippen LogP contribution in [0.1, 0.15) is 27.2 Å². The minimum Gasteiger partial charge on any atom is -0.338 e. The van der Waals surface area contributed by atoms with E-state index in [0.29, 0.717) is 19.0 Å². The Balaban J connectivity index is 3.24. The summed E-state index contributed by atoms with van der Waals surface area (Å²) in [5.41, 5.74) is 0. The average Bonchev–Trinajstić information content (AvgIpc) is 2.04. The van der Waals surface area contributed by atoms with Gasteiger partial charge < -0.3 is 10.6 Å². The highest BCUT2D eigenvalue weighted by molar-refractivity contribution is 5.73. The van der Waals surface area contributed by atoms with Gasteiger partial charge in [-0.05, 0) is 19.3 Å². The van der Waals surface area contributed by atoms with Gasteiger partial charge in [-0.2, -0.15) is 0 Å². The van der Waals surface area contributed by atoms with Crippen molar-refractivity contribution < 1.29 is 4.79 Å². The lowest BCUT2D eigenvalue weighted by Gasteiger charge is -2.08. The summed E-state index contributed by atoms with van der Waals surface area (Å²) in [6, 6.07) is -0.0861. The van der Waals surface area contributed by atoms with Gasteiger partial charge in [0, 0.05) is 13.1 Å². The summed E-state index contributed by atoms with van der Waals surface area (Å²) in [5, 5.41) is 5.41. The van der Waals surface area contributed by atoms with Crippen LogP contribution in [0.4, 0.5) is 4.79 Å². The van der Waals surface area contributed by atoms with Crippen LogP contribution >= 0.6 is 0 Å². The lowest BCUT2D eigenvalue weighted by atomic mass is 10.1. The van der Waals surface area contributed by atoms with Crippen LogP contribution in [0.3, 0.4) is 0 Å². The zero-order chi connectivity index (χ0) is 9.40. The largest absolute Gasteiger partial charge is 0.338 e. The fourth-order valence-electron chi connectivity index (χ4n) is 0.743. The minimum absolute atomic E-state index is 0.0861. The number of urea groups is 1. The van der Waals surface area contributed by atoms with E-state index in [1.165, 1.54) is 0 Å². The molecule has 71 valence electrons. The third kappa shape index (κ3) is 6.01. The second kappa shape index (κ2) is 6.95. The molecule has 0 fully saturated rings. The van der Waals surface area contributed by atoms with Crippen LogP contribution in [-0.2, 0) is 0 Å². The van der Waals surface area contributed by atoms with Crippen LogP contribution < -0.4 is 10.6 Å². The number of hydrogen-bond donors (Lipinski definition) is 2. The van der Waals surface area contributed by atoms with Crippen molar-refractivity contribution in [2.75, 3.05) is 13.1 Å². The summed E-state index contributed by atoms with van der Waals surface area (Å²) in [6.45, 7) is 7.50. The summed E-state index contributed by atoms with van der Waals surface area (Å²) in [7, 11) is 0. The van der Waals surface area contributed by atoms with Crippen molar-refractivity contribution in [2.45, 2.75) is 27.2 Å². The highest BCUT2D eigenvalue weighted by Gasteiger charge is 2.00. The van der Waals surface area contributed by atoms with Gasteiger partial charge in [-0.1, -0.05) is 20.3 Å². The van der Waals surface area contributed by atoms with Crippen LogP contribution in [0.5, 0.6) is 0 Å². The number of hydrogen-bond acceptors (Lipinski definition) is 1. The number of amides is 2. The molecule has 0 aromatic carbocycles. The van der Waals surface area contributed by atoms with E-state index in [-0.39, 0.29) is 6.03 Å². The van der Waals surface area contributed by atoms with Crippen molar-refractivity contribution in [2.24, 2.45) is 5.92 Å². The van der Waals surface area contributed by atoms with Gasteiger partial charge >= 0.3 is 6.03 Å². The van der Waals surface area contributed by atoms with Crippen molar-refractivity contribution in [1.29, 1.82) is 0 Å². The molecule has 0 aromatic heterocycles. The fourth-order valence-corrected chi connectivity index (χ4v) is 0.743. The third-order valence-electron chi connectivity index (χ3n) is 1.76. The molecule has 0 saturated carbocycles. The quantitative estimate of drug-likeness (QED) is 0.647. The summed E-state index contributed by atoms with van der Waals surface area (Å²) in [4.78, 5) is 10.9. The zero-order valence-corrected chi connectivity index (χ0v) is 8.18. The van der Waals surface area contributed by atoms with Crippen LogP contribution in [-0.4, -0.2) is 19.1 Å². The summed E-state index contributed by atoms with van der Waals surface area (Å²) in [6.07, 6.45) is 3.23. The molecule has 1 atom stereocenters. The van der Waals surface area contributed by atoms with Crippen LogP contribution in [0.15, 0.2) is 0 Å². The van der Waals surface area contributed by atoms with Gasteiger partial charge in [-0.15, -0.1) is 0 Å². The number of carbonyl (C=O) groups is 1. The topological polar surface area (TPSA) is 41.1 Å². The summed E-state index contributed by atoms with van der Waals surface area (Å²) >= 11 is 0. The van der Waals surface area contributed by atoms with Crippen LogP contribution in [0.2, 0.25) is 0 Å². The van der Waals surface area contributed by atoms with Gasteiger partial charge in [-0.3, -0.25) is 0 Å². The van der Waals surface area contributed by atoms with E-state index in [2.05, 4.69) is 30.9 Å². The molecule has 0 rings (SSSR count). The molecule has 0 bridgehead atoms. The molecule has 2 N–H and O–H groups in total. The Morgan fingerprint density at radius 1 is 1.42 bits per heavy atom. The Bertz CT molecular complexity index is 126. The first kappa shape index (κ1) is 11.3. The van der Waals surface area contributed by atoms with E-state index < -0.39 is 0 Å². The number of rotatable bonds is 5. The molecule has 0 unspecified atom stereocenters. The minimum atomic E-state index is -0.0861. The maximum absolute atomic E-state index is 10.9. The van der Waals surface area contributed by atoms with Crippen molar-refractivity contribution in [1.82, 2.24) is 10.6 Å². The molecule has 0 aromatic rings. The van der Waals surface area contributed by atoms with Gasteiger partial charge in [0.1, 0.15) is 0 Å². The smallest absolute Gasteiger partial charge is 0.314 e. The maximum atomic E-state index is 10.9. The van der Waals surface area contributed by atoms with Crippen molar-refractivity contribution >= 4 is 6.03 Å². The average molecular weight is 171 g/mol. The van der Waals surface area contributed by atoms with E-state index in [1.54, 1.807) is 0 Å². The predicted molar refractivity (Wildman–Crippen MR) is 50.8 cm³/mol. The molecule has 0 aliphatic rings. The molecule has 0 aliphatic heterocycles. The second-order valence-electron chi connectivity index (χ2n) is 2.86. The molecule has 2 amide bonds. The molecular weight excluding hydrogens is 152 g/mol. The summed E-state index contributed by atoms with van der Waals surface area (Å²) < 4.78 is 0. The Labute approximate surface area is 74.9 Å². The Morgan fingerprint density at radius 2 is 2.08 bits per heavy atom. The lowest BCUT2D eigenvalue weighted by molar-refractivity contribution is 0.242. The van der Waals surface area contributed by atoms with E-state index in [0.717, 1.165) is 6.42 Å². The van der Waals surface area contributed by atoms with E-state index in [1.807, 2.05) is 6.92 Å². The van der Waals surface area contributed by atoms with Gasteiger partial charge in [0.05, 0.1) is 0 Å². The standard InChI is InChI=1S/C9H19N2O/c1-4-8(3)6-7-11-9(12)10-5-2/h6,8H,4-5,7H2,1-3H3,(H2,10,11,12)/t8-/m1/s1. The third-order valence-corrected chi connectivity index (χ3v) is 1.76. The Kier molecular flexibility index (Phi) is 6.53.